The molecule has 8 heteroatoms. The molecule has 0 saturated carbocycles. The molecule has 1 aromatic carbocycles. The highest BCUT2D eigenvalue weighted by Crippen LogP contribution is 2.18. The quantitative estimate of drug-likeness (QED) is 0.775. The normalized spacial score (nSPS) is 11.8. The second kappa shape index (κ2) is 7.60. The third-order valence-corrected chi connectivity index (χ3v) is 3.63. The fourth-order valence-corrected chi connectivity index (χ4v) is 2.33. The Morgan fingerprint density at radius 1 is 1.33 bits per heavy atom. The van der Waals surface area contributed by atoms with E-state index in [0.29, 0.717) is 6.42 Å². The Bertz CT molecular complexity index is 771. The van der Waals surface area contributed by atoms with Crippen molar-refractivity contribution in [3.8, 4) is 5.75 Å². The Balaban J connectivity index is 2.36. The van der Waals surface area contributed by atoms with Crippen LogP contribution < -0.4 is 21.3 Å². The van der Waals surface area contributed by atoms with E-state index in [-0.39, 0.29) is 11.3 Å². The molecule has 1 amide bonds. The van der Waals surface area contributed by atoms with Crippen molar-refractivity contribution in [1.82, 2.24) is 9.78 Å². The molecule has 0 fully saturated rings. The third kappa shape index (κ3) is 3.54. The Morgan fingerprint density at radius 2 is 2.00 bits per heavy atom. The summed E-state index contributed by atoms with van der Waals surface area (Å²) in [5, 5.41) is 6.72. The number of benzene rings is 1. The van der Waals surface area contributed by atoms with Gasteiger partial charge in [0.15, 0.2) is 6.23 Å². The van der Waals surface area contributed by atoms with Crippen molar-refractivity contribution in [2.75, 3.05) is 26.6 Å². The average Bonchev–Trinajstić information content (AvgIpc) is 2.60. The van der Waals surface area contributed by atoms with Crippen LogP contribution in [0.5, 0.6) is 5.75 Å². The molecule has 24 heavy (non-hydrogen) atoms. The molecule has 0 aliphatic carbocycles. The molecule has 0 spiro atoms. The van der Waals surface area contributed by atoms with Gasteiger partial charge in [0.1, 0.15) is 11.4 Å². The topological polar surface area (TPSA) is 108 Å². The molecule has 2 rings (SSSR count). The number of amides is 1. The van der Waals surface area contributed by atoms with Crippen molar-refractivity contribution < 1.29 is 14.3 Å². The molecule has 1 aromatic heterocycles. The average molecular weight is 332 g/mol. The van der Waals surface area contributed by atoms with Gasteiger partial charge in [-0.1, -0.05) is 12.1 Å². The van der Waals surface area contributed by atoms with Gasteiger partial charge in [0.25, 0.3) is 11.5 Å². The van der Waals surface area contributed by atoms with Crippen LogP contribution in [0, 0.1) is 0 Å². The minimum absolute atomic E-state index is 0.0399. The number of nitrogens with zero attached hydrogens (tertiary/aromatic N) is 2. The molecule has 0 bridgehead atoms. The van der Waals surface area contributed by atoms with Gasteiger partial charge in [-0.3, -0.25) is 9.59 Å². The van der Waals surface area contributed by atoms with Gasteiger partial charge in [0, 0.05) is 20.6 Å². The van der Waals surface area contributed by atoms with Crippen LogP contribution >= 0.6 is 0 Å². The van der Waals surface area contributed by atoms with Gasteiger partial charge < -0.3 is 20.5 Å². The van der Waals surface area contributed by atoms with Crippen molar-refractivity contribution in [2.45, 2.75) is 12.6 Å². The summed E-state index contributed by atoms with van der Waals surface area (Å²) >= 11 is 0. The van der Waals surface area contributed by atoms with E-state index in [1.807, 2.05) is 24.3 Å². The maximum atomic E-state index is 12.5. The summed E-state index contributed by atoms with van der Waals surface area (Å²) in [6, 6.07) is 7.42. The molecule has 0 saturated heterocycles. The number of anilines is 1. The van der Waals surface area contributed by atoms with Crippen LogP contribution in [0.3, 0.4) is 0 Å². The van der Waals surface area contributed by atoms with Gasteiger partial charge in [-0.05, 0) is 17.7 Å². The summed E-state index contributed by atoms with van der Waals surface area (Å²) in [7, 11) is 4.62. The molecule has 1 unspecified atom stereocenters. The van der Waals surface area contributed by atoms with Crippen LogP contribution in [0.25, 0.3) is 0 Å². The van der Waals surface area contributed by atoms with E-state index in [1.54, 1.807) is 14.2 Å². The highest BCUT2D eigenvalue weighted by atomic mass is 16.5. The summed E-state index contributed by atoms with van der Waals surface area (Å²) in [4.78, 5) is 23.9. The first-order valence-electron chi connectivity index (χ1n) is 7.27. The lowest BCUT2D eigenvalue weighted by Crippen LogP contribution is -2.33. The first kappa shape index (κ1) is 17.5. The standard InChI is InChI=1S/C16H20N4O4/c1-18-14-12(15(17)21)9-19-20(16(14)22)13(24-3)8-10-4-6-11(23-2)7-5-10/h4-7,9,13,18H,8H2,1-3H3,(H2,17,21). The van der Waals surface area contributed by atoms with E-state index < -0.39 is 17.7 Å². The number of carbonyl (C=O) groups is 1. The molecular weight excluding hydrogens is 312 g/mol. The molecule has 8 nitrogen and oxygen atoms in total. The Hall–Kier alpha value is -2.87. The summed E-state index contributed by atoms with van der Waals surface area (Å²) in [5.41, 5.74) is 5.86. The van der Waals surface area contributed by atoms with E-state index in [0.717, 1.165) is 11.3 Å². The zero-order valence-corrected chi connectivity index (χ0v) is 13.8. The molecule has 1 heterocycles. The van der Waals surface area contributed by atoms with Gasteiger partial charge in [-0.15, -0.1) is 0 Å². The van der Waals surface area contributed by atoms with Crippen LogP contribution in [-0.4, -0.2) is 37.0 Å². The molecule has 3 N–H and O–H groups in total. The second-order valence-electron chi connectivity index (χ2n) is 5.04. The number of hydrogen-bond acceptors (Lipinski definition) is 6. The molecular formula is C16H20N4O4. The predicted molar refractivity (Wildman–Crippen MR) is 89.3 cm³/mol. The second-order valence-corrected chi connectivity index (χ2v) is 5.04. The van der Waals surface area contributed by atoms with Crippen LogP contribution in [0.4, 0.5) is 5.69 Å². The molecule has 128 valence electrons. The Morgan fingerprint density at radius 3 is 2.50 bits per heavy atom. The van der Waals surface area contributed by atoms with Crippen molar-refractivity contribution in [2.24, 2.45) is 5.73 Å². The van der Waals surface area contributed by atoms with E-state index in [2.05, 4.69) is 10.4 Å². The lowest BCUT2D eigenvalue weighted by atomic mass is 10.1. The van der Waals surface area contributed by atoms with Crippen molar-refractivity contribution >= 4 is 11.6 Å². The summed E-state index contributed by atoms with van der Waals surface area (Å²) in [5.74, 6) is 0.0199. The van der Waals surface area contributed by atoms with Crippen LogP contribution in [0.2, 0.25) is 0 Å². The minimum Gasteiger partial charge on any atom is -0.497 e. The first-order valence-corrected chi connectivity index (χ1v) is 7.27. The van der Waals surface area contributed by atoms with Crippen molar-refractivity contribution in [3.63, 3.8) is 0 Å². The molecule has 0 radical (unpaired) electrons. The van der Waals surface area contributed by atoms with Gasteiger partial charge in [0.2, 0.25) is 0 Å². The number of rotatable bonds is 7. The van der Waals surface area contributed by atoms with Crippen LogP contribution in [0.15, 0.2) is 35.3 Å². The van der Waals surface area contributed by atoms with E-state index >= 15 is 0 Å². The number of ether oxygens (including phenoxy) is 2. The van der Waals surface area contributed by atoms with Crippen LogP contribution in [-0.2, 0) is 11.2 Å². The number of hydrogen-bond donors (Lipinski definition) is 2. The number of methoxy groups -OCH3 is 2. The highest BCUT2D eigenvalue weighted by Gasteiger charge is 2.19. The smallest absolute Gasteiger partial charge is 0.293 e. The van der Waals surface area contributed by atoms with Crippen molar-refractivity contribution in [3.05, 3.63) is 51.9 Å². The molecule has 0 aliphatic heterocycles. The lowest BCUT2D eigenvalue weighted by molar-refractivity contribution is 0.0303. The van der Waals surface area contributed by atoms with Crippen molar-refractivity contribution in [1.29, 1.82) is 0 Å². The maximum absolute atomic E-state index is 12.5. The number of nitrogens with one attached hydrogen (secondary N) is 1. The summed E-state index contributed by atoms with van der Waals surface area (Å²) in [6.07, 6.45) is 1.06. The zero-order valence-electron chi connectivity index (χ0n) is 13.8. The van der Waals surface area contributed by atoms with Gasteiger partial charge in [-0.2, -0.15) is 9.78 Å². The SMILES string of the molecule is CNc1c(C(N)=O)cnn(C(Cc2ccc(OC)cc2)OC)c1=O. The Labute approximate surface area is 139 Å². The fourth-order valence-electron chi connectivity index (χ4n) is 2.33. The van der Waals surface area contributed by atoms with E-state index in [4.69, 9.17) is 15.2 Å². The molecule has 0 aliphatic rings. The summed E-state index contributed by atoms with van der Waals surface area (Å²) < 4.78 is 11.7. The lowest BCUT2D eigenvalue weighted by Gasteiger charge is -2.18. The maximum Gasteiger partial charge on any atom is 0.293 e. The van der Waals surface area contributed by atoms with E-state index in [1.165, 1.54) is 18.0 Å². The Kier molecular flexibility index (Phi) is 5.54. The predicted octanol–water partition coefficient (Wildman–Crippen LogP) is 0.780. The van der Waals surface area contributed by atoms with Crippen LogP contribution in [0.1, 0.15) is 22.1 Å². The van der Waals surface area contributed by atoms with E-state index in [9.17, 15) is 9.59 Å². The zero-order chi connectivity index (χ0) is 17.7. The summed E-state index contributed by atoms with van der Waals surface area (Å²) in [6.45, 7) is 0. The third-order valence-electron chi connectivity index (χ3n) is 3.63. The fraction of sp³-hybridized carbons (Fsp3) is 0.312. The number of aromatic nitrogens is 2. The highest BCUT2D eigenvalue weighted by molar-refractivity contribution is 5.97. The molecule has 1 atom stereocenters. The number of primary amides is 1. The number of carbonyl (C=O) groups excluding carboxylic acids is 1. The molecule has 2 aromatic rings. The minimum atomic E-state index is -0.722. The van der Waals surface area contributed by atoms with Gasteiger partial charge >= 0.3 is 0 Å². The monoisotopic (exact) mass is 332 g/mol. The van der Waals surface area contributed by atoms with Gasteiger partial charge in [0.05, 0.1) is 18.9 Å². The first-order chi connectivity index (χ1) is 11.5. The van der Waals surface area contributed by atoms with Gasteiger partial charge in [-0.25, -0.2) is 0 Å². The number of nitrogens with two attached hydrogens (primary N) is 1. The largest absolute Gasteiger partial charge is 0.497 e.